The minimum absolute atomic E-state index is 0.0147. The maximum atomic E-state index is 14.9. The molecule has 1 N–H and O–H groups in total. The third kappa shape index (κ3) is 5.61. The van der Waals surface area contributed by atoms with E-state index in [1.807, 2.05) is 4.90 Å². The van der Waals surface area contributed by atoms with E-state index in [1.54, 1.807) is 18.2 Å². The molecule has 4 atom stereocenters. The van der Waals surface area contributed by atoms with Gasteiger partial charge in [0.15, 0.2) is 17.4 Å². The lowest BCUT2D eigenvalue weighted by atomic mass is 9.95. The Morgan fingerprint density at radius 2 is 1.98 bits per heavy atom. The van der Waals surface area contributed by atoms with Crippen LogP contribution in [0.3, 0.4) is 0 Å². The fourth-order valence-electron chi connectivity index (χ4n) is 8.04. The van der Waals surface area contributed by atoms with Crippen LogP contribution in [0.5, 0.6) is 22.7 Å². The molecular weight excluding hydrogens is 658 g/mol. The molecule has 1 amide bonds. The number of benzene rings is 2. The van der Waals surface area contributed by atoms with Gasteiger partial charge in [0.25, 0.3) is 5.19 Å². The first-order chi connectivity index (χ1) is 23.7. The Hall–Kier alpha value is -4.52. The van der Waals surface area contributed by atoms with Gasteiger partial charge in [0.1, 0.15) is 35.6 Å². The second-order valence-corrected chi connectivity index (χ2v) is 14.0. The Kier molecular flexibility index (Phi) is 8.04. The highest BCUT2D eigenvalue weighted by molar-refractivity contribution is 7.19. The van der Waals surface area contributed by atoms with Gasteiger partial charge in [-0.25, -0.2) is 13.6 Å². The van der Waals surface area contributed by atoms with Crippen molar-refractivity contribution in [1.29, 1.82) is 0 Å². The smallest absolute Gasteiger partial charge is 0.407 e. The van der Waals surface area contributed by atoms with E-state index in [-0.39, 0.29) is 48.0 Å². The summed E-state index contributed by atoms with van der Waals surface area (Å²) in [5.74, 6) is 3.03. The third-order valence-corrected chi connectivity index (χ3v) is 11.0. The minimum Gasteiger partial charge on any atom is -0.467 e. The standard InChI is InChI=1S/C34H34F2N6O6S/c1-3-24-25(36)8-5-19-11-23(47-18-45-2)12-26(27(19)24)48-32-37-28-29(40-15-21-6-7-22(16-40)42(21)33(43)44)38-31(39-30(28)49-32)46-17-34-9-4-10-41(34)14-20(35)13-34/h1,5,8,11-12,20-22H,4,6-7,9-10,13-18H2,2H3,(H,43,44)/t20-,21?,22?,34+/m1/s1. The van der Waals surface area contributed by atoms with Gasteiger partial charge >= 0.3 is 12.1 Å². The van der Waals surface area contributed by atoms with Crippen LogP contribution < -0.4 is 19.1 Å². The number of nitrogens with zero attached hydrogens (tertiary/aromatic N) is 6. The fraction of sp³-hybridized carbons (Fsp3) is 0.471. The number of hydrogen-bond acceptors (Lipinski definition) is 11. The zero-order chi connectivity index (χ0) is 33.9. The second kappa shape index (κ2) is 12.4. The molecule has 4 aromatic rings. The molecule has 256 valence electrons. The van der Waals surface area contributed by atoms with Crippen LogP contribution in [0.25, 0.3) is 21.1 Å². The lowest BCUT2D eigenvalue weighted by molar-refractivity contribution is 0.0511. The third-order valence-electron chi connectivity index (χ3n) is 10.1. The van der Waals surface area contributed by atoms with Crippen LogP contribution in [0.4, 0.5) is 19.4 Å². The van der Waals surface area contributed by atoms with Gasteiger partial charge in [-0.15, -0.1) is 6.42 Å². The van der Waals surface area contributed by atoms with Crippen molar-refractivity contribution in [3.05, 3.63) is 35.6 Å². The highest BCUT2D eigenvalue weighted by Gasteiger charge is 2.49. The molecule has 0 spiro atoms. The van der Waals surface area contributed by atoms with Gasteiger partial charge < -0.3 is 29.0 Å². The molecular formula is C34H34F2N6O6S. The first kappa shape index (κ1) is 31.7. The Morgan fingerprint density at radius 1 is 1.16 bits per heavy atom. The van der Waals surface area contributed by atoms with Gasteiger partial charge in [-0.1, -0.05) is 23.3 Å². The number of carboxylic acid groups (broad SMARTS) is 1. The largest absolute Gasteiger partial charge is 0.467 e. The van der Waals surface area contributed by atoms with Gasteiger partial charge in [-0.05, 0) is 49.7 Å². The number of amides is 1. The summed E-state index contributed by atoms with van der Waals surface area (Å²) in [6.45, 7) is 2.32. The number of aromatic nitrogens is 3. The molecule has 0 saturated carbocycles. The summed E-state index contributed by atoms with van der Waals surface area (Å²) in [7, 11) is 1.50. The molecule has 4 aliphatic rings. The van der Waals surface area contributed by atoms with E-state index in [9.17, 15) is 18.7 Å². The fourth-order valence-corrected chi connectivity index (χ4v) is 8.83. The molecule has 2 unspecified atom stereocenters. The van der Waals surface area contributed by atoms with Crippen molar-refractivity contribution in [3.8, 4) is 35.0 Å². The van der Waals surface area contributed by atoms with E-state index < -0.39 is 23.6 Å². The molecule has 4 saturated heterocycles. The molecule has 12 nitrogen and oxygen atoms in total. The Bertz CT molecular complexity index is 1980. The van der Waals surface area contributed by atoms with Crippen molar-refractivity contribution in [2.75, 3.05) is 51.6 Å². The predicted molar refractivity (Wildman–Crippen MR) is 177 cm³/mol. The van der Waals surface area contributed by atoms with Gasteiger partial charge in [0.05, 0.1) is 23.2 Å². The van der Waals surface area contributed by atoms with Crippen LogP contribution in [-0.4, -0.2) is 106 Å². The Labute approximate surface area is 284 Å². The summed E-state index contributed by atoms with van der Waals surface area (Å²) in [6, 6.07) is 5.96. The normalized spacial score (nSPS) is 24.8. The molecule has 8 rings (SSSR count). The lowest BCUT2D eigenvalue weighted by Crippen LogP contribution is -2.55. The Morgan fingerprint density at radius 3 is 2.73 bits per heavy atom. The number of hydrogen-bond donors (Lipinski definition) is 1. The maximum absolute atomic E-state index is 14.9. The number of anilines is 1. The average molecular weight is 693 g/mol. The SMILES string of the molecule is C#Cc1c(F)ccc2cc(OCOC)cc(Oc3nc4c(N5CC6CCC(C5)N6C(=O)O)nc(OC[C@@]56CCCN5C[C@H](F)C6)nc4s3)c12. The summed E-state index contributed by atoms with van der Waals surface area (Å²) >= 11 is 1.16. The van der Waals surface area contributed by atoms with Crippen LogP contribution in [0, 0.1) is 18.2 Å². The molecule has 15 heteroatoms. The van der Waals surface area contributed by atoms with Crippen LogP contribution in [0.15, 0.2) is 24.3 Å². The van der Waals surface area contributed by atoms with Gasteiger partial charge in [0, 0.05) is 44.6 Å². The summed E-state index contributed by atoms with van der Waals surface area (Å²) in [6.07, 6.45) is 7.63. The number of carbonyl (C=O) groups is 1. The van der Waals surface area contributed by atoms with E-state index in [2.05, 4.69) is 10.8 Å². The number of halogens is 2. The number of piperazine rings is 1. The molecule has 6 heterocycles. The number of terminal acetylenes is 1. The summed E-state index contributed by atoms with van der Waals surface area (Å²) in [5, 5.41) is 11.0. The quantitative estimate of drug-likeness (QED) is 0.179. The van der Waals surface area contributed by atoms with Gasteiger partial charge in [0.2, 0.25) is 0 Å². The molecule has 0 radical (unpaired) electrons. The minimum atomic E-state index is -0.928. The highest BCUT2D eigenvalue weighted by atomic mass is 32.1. The van der Waals surface area contributed by atoms with E-state index in [4.69, 9.17) is 40.3 Å². The zero-order valence-electron chi connectivity index (χ0n) is 26.7. The molecule has 2 bridgehead atoms. The van der Waals surface area contributed by atoms with E-state index in [0.717, 1.165) is 43.6 Å². The monoisotopic (exact) mass is 692 g/mol. The van der Waals surface area contributed by atoms with Crippen molar-refractivity contribution in [2.24, 2.45) is 0 Å². The van der Waals surface area contributed by atoms with Crippen molar-refractivity contribution in [2.45, 2.75) is 55.9 Å². The number of rotatable bonds is 9. The number of methoxy groups -OCH3 is 1. The molecule has 2 aromatic carbocycles. The number of fused-ring (bicyclic) bond motifs is 5. The van der Waals surface area contributed by atoms with E-state index in [1.165, 1.54) is 18.1 Å². The lowest BCUT2D eigenvalue weighted by Gasteiger charge is -2.40. The second-order valence-electron chi connectivity index (χ2n) is 13.0. The van der Waals surface area contributed by atoms with Crippen molar-refractivity contribution < 1.29 is 37.6 Å². The molecule has 4 fully saturated rings. The zero-order valence-corrected chi connectivity index (χ0v) is 27.5. The molecule has 0 aliphatic carbocycles. The van der Waals surface area contributed by atoms with Crippen LogP contribution in [0.1, 0.15) is 37.7 Å². The Balaban J connectivity index is 1.18. The van der Waals surface area contributed by atoms with Crippen LogP contribution >= 0.6 is 11.3 Å². The summed E-state index contributed by atoms with van der Waals surface area (Å²) in [4.78, 5) is 32.6. The van der Waals surface area contributed by atoms with Crippen molar-refractivity contribution in [3.63, 3.8) is 0 Å². The maximum Gasteiger partial charge on any atom is 0.407 e. The van der Waals surface area contributed by atoms with Crippen molar-refractivity contribution >= 4 is 44.4 Å². The molecule has 49 heavy (non-hydrogen) atoms. The number of thiazole rings is 1. The number of ether oxygens (including phenoxy) is 4. The summed E-state index contributed by atoms with van der Waals surface area (Å²) in [5.41, 5.74) is 0.102. The first-order valence-corrected chi connectivity index (χ1v) is 17.1. The van der Waals surface area contributed by atoms with Gasteiger partial charge in [-0.2, -0.15) is 15.0 Å². The van der Waals surface area contributed by atoms with Crippen molar-refractivity contribution in [1.82, 2.24) is 24.8 Å². The van der Waals surface area contributed by atoms with Crippen LogP contribution in [-0.2, 0) is 4.74 Å². The summed E-state index contributed by atoms with van der Waals surface area (Å²) < 4.78 is 52.8. The predicted octanol–water partition coefficient (Wildman–Crippen LogP) is 5.42. The van der Waals surface area contributed by atoms with E-state index in [0.29, 0.717) is 58.7 Å². The highest BCUT2D eigenvalue weighted by Crippen LogP contribution is 2.43. The molecule has 2 aromatic heterocycles. The van der Waals surface area contributed by atoms with Crippen LogP contribution in [0.2, 0.25) is 0 Å². The molecule has 4 aliphatic heterocycles. The first-order valence-electron chi connectivity index (χ1n) is 16.2. The average Bonchev–Trinajstić information content (AvgIpc) is 3.81. The number of alkyl halides is 1. The topological polar surface area (TPSA) is 123 Å². The van der Waals surface area contributed by atoms with Gasteiger partial charge in [-0.3, -0.25) is 9.80 Å². The van der Waals surface area contributed by atoms with E-state index >= 15 is 0 Å².